The molecule has 0 radical (unpaired) electrons. The number of carbonyl (C=O) groups is 1. The Morgan fingerprint density at radius 2 is 1.91 bits per heavy atom. The summed E-state index contributed by atoms with van der Waals surface area (Å²) in [4.78, 5) is 26.7. The number of aromatic amines is 1. The third-order valence-electron chi connectivity index (χ3n) is 3.42. The lowest BCUT2D eigenvalue weighted by Gasteiger charge is -2.08. The molecule has 0 aliphatic heterocycles. The lowest BCUT2D eigenvalue weighted by Crippen LogP contribution is -2.12. The van der Waals surface area contributed by atoms with Crippen LogP contribution in [0.2, 0.25) is 0 Å². The maximum Gasteiger partial charge on any atom is 0.339 e. The Kier molecular flexibility index (Phi) is 3.74. The van der Waals surface area contributed by atoms with Gasteiger partial charge < -0.3 is 9.72 Å². The van der Waals surface area contributed by atoms with E-state index in [4.69, 9.17) is 4.74 Å². The zero-order chi connectivity index (χ0) is 15.5. The maximum absolute atomic E-state index is 12.3. The van der Waals surface area contributed by atoms with Gasteiger partial charge in [0, 0.05) is 17.0 Å². The quantitative estimate of drug-likeness (QED) is 0.754. The molecule has 22 heavy (non-hydrogen) atoms. The van der Waals surface area contributed by atoms with Crippen molar-refractivity contribution in [3.8, 4) is 0 Å². The van der Waals surface area contributed by atoms with Crippen molar-refractivity contribution in [2.24, 2.45) is 0 Å². The van der Waals surface area contributed by atoms with Crippen molar-refractivity contribution in [1.29, 1.82) is 0 Å². The van der Waals surface area contributed by atoms with Crippen LogP contribution in [-0.4, -0.2) is 11.0 Å². The summed E-state index contributed by atoms with van der Waals surface area (Å²) in [6, 6.07) is 16.2. The number of nitrogens with one attached hydrogen (secondary N) is 1. The molecule has 0 amide bonds. The number of esters is 1. The summed E-state index contributed by atoms with van der Waals surface area (Å²) in [6.45, 7) is 2.16. The number of carbonyl (C=O) groups excluding carboxylic acids is 1. The number of hydrogen-bond donors (Lipinski definition) is 1. The van der Waals surface area contributed by atoms with E-state index in [1.807, 2.05) is 37.3 Å². The second kappa shape index (κ2) is 5.85. The van der Waals surface area contributed by atoms with Crippen molar-refractivity contribution < 1.29 is 9.53 Å². The van der Waals surface area contributed by atoms with Gasteiger partial charge in [-0.05, 0) is 18.6 Å². The van der Waals surface area contributed by atoms with Crippen LogP contribution in [0.4, 0.5) is 0 Å². The average molecular weight is 293 g/mol. The van der Waals surface area contributed by atoms with Gasteiger partial charge in [0.25, 0.3) is 0 Å². The first kappa shape index (κ1) is 14.1. The summed E-state index contributed by atoms with van der Waals surface area (Å²) >= 11 is 0. The number of hydrogen-bond acceptors (Lipinski definition) is 3. The molecule has 0 aliphatic rings. The molecule has 1 aromatic heterocycles. The highest BCUT2D eigenvalue weighted by Gasteiger charge is 2.13. The van der Waals surface area contributed by atoms with E-state index in [-0.39, 0.29) is 17.7 Å². The first-order chi connectivity index (χ1) is 10.6. The highest BCUT2D eigenvalue weighted by atomic mass is 16.5. The Morgan fingerprint density at radius 3 is 2.73 bits per heavy atom. The zero-order valence-corrected chi connectivity index (χ0v) is 12.1. The lowest BCUT2D eigenvalue weighted by molar-refractivity contribution is 0.0475. The molecule has 0 unspecified atom stereocenters. The first-order valence-corrected chi connectivity index (χ1v) is 6.98. The summed E-state index contributed by atoms with van der Waals surface area (Å²) in [5, 5.41) is 0.677. The molecule has 3 aromatic rings. The summed E-state index contributed by atoms with van der Waals surface area (Å²) in [6.07, 6.45) is 0. The second-order valence-corrected chi connectivity index (χ2v) is 5.16. The van der Waals surface area contributed by atoms with Crippen LogP contribution < -0.4 is 5.56 Å². The van der Waals surface area contributed by atoms with Crippen LogP contribution in [0.1, 0.15) is 21.5 Å². The monoisotopic (exact) mass is 293 g/mol. The third-order valence-corrected chi connectivity index (χ3v) is 3.42. The van der Waals surface area contributed by atoms with Gasteiger partial charge in [-0.3, -0.25) is 4.79 Å². The molecule has 0 saturated carbocycles. The highest BCUT2D eigenvalue weighted by molar-refractivity contribution is 6.03. The number of rotatable bonds is 3. The van der Waals surface area contributed by atoms with Gasteiger partial charge >= 0.3 is 5.97 Å². The van der Waals surface area contributed by atoms with Crippen LogP contribution in [0, 0.1) is 6.92 Å². The molecule has 0 spiro atoms. The number of pyridine rings is 1. The van der Waals surface area contributed by atoms with E-state index in [0.29, 0.717) is 10.9 Å². The number of aromatic nitrogens is 1. The largest absolute Gasteiger partial charge is 0.457 e. The van der Waals surface area contributed by atoms with Crippen molar-refractivity contribution in [2.45, 2.75) is 13.5 Å². The van der Waals surface area contributed by atoms with Gasteiger partial charge in [-0.15, -0.1) is 0 Å². The molecular weight excluding hydrogens is 278 g/mol. The van der Waals surface area contributed by atoms with Crippen molar-refractivity contribution in [2.75, 3.05) is 0 Å². The molecule has 0 saturated heterocycles. The van der Waals surface area contributed by atoms with E-state index < -0.39 is 5.97 Å². The van der Waals surface area contributed by atoms with Gasteiger partial charge in [-0.1, -0.05) is 48.0 Å². The molecule has 4 heteroatoms. The van der Waals surface area contributed by atoms with Crippen LogP contribution >= 0.6 is 0 Å². The van der Waals surface area contributed by atoms with Crippen LogP contribution in [0.15, 0.2) is 59.4 Å². The zero-order valence-electron chi connectivity index (χ0n) is 12.1. The Labute approximate surface area is 127 Å². The van der Waals surface area contributed by atoms with Crippen LogP contribution in [0.5, 0.6) is 0 Å². The van der Waals surface area contributed by atoms with Crippen molar-refractivity contribution in [1.82, 2.24) is 4.98 Å². The van der Waals surface area contributed by atoms with Crippen molar-refractivity contribution in [3.63, 3.8) is 0 Å². The SMILES string of the molecule is Cc1cccc(COC(=O)c2cc(=O)[nH]c3ccccc23)c1. The molecule has 3 rings (SSSR count). The van der Waals surface area contributed by atoms with E-state index in [1.54, 1.807) is 18.2 Å². The molecule has 0 fully saturated rings. The van der Waals surface area contributed by atoms with Crippen LogP contribution in [0.3, 0.4) is 0 Å². The lowest BCUT2D eigenvalue weighted by atomic mass is 10.1. The fraction of sp³-hybridized carbons (Fsp3) is 0.111. The van der Waals surface area contributed by atoms with E-state index in [2.05, 4.69) is 4.98 Å². The molecule has 2 aromatic carbocycles. The standard InChI is InChI=1S/C18H15NO3/c1-12-5-4-6-13(9-12)11-22-18(21)15-10-17(20)19-16-8-3-2-7-14(15)16/h2-10H,11H2,1H3,(H,19,20). The minimum absolute atomic E-state index is 0.182. The molecule has 1 N–H and O–H groups in total. The Bertz CT molecular complexity index is 896. The number of H-pyrrole nitrogens is 1. The van der Waals surface area contributed by atoms with Gasteiger partial charge in [0.2, 0.25) is 5.56 Å². The van der Waals surface area contributed by atoms with Gasteiger partial charge in [0.1, 0.15) is 6.61 Å². The normalized spacial score (nSPS) is 10.6. The predicted molar refractivity (Wildman–Crippen MR) is 84.9 cm³/mol. The number of benzene rings is 2. The van der Waals surface area contributed by atoms with Crippen LogP contribution in [-0.2, 0) is 11.3 Å². The third kappa shape index (κ3) is 2.91. The molecule has 1 heterocycles. The molecule has 0 aliphatic carbocycles. The Balaban J connectivity index is 1.88. The van der Waals surface area contributed by atoms with Gasteiger partial charge in [-0.25, -0.2) is 4.79 Å². The van der Waals surface area contributed by atoms with Gasteiger partial charge in [-0.2, -0.15) is 0 Å². The number of fused-ring (bicyclic) bond motifs is 1. The van der Waals surface area contributed by atoms with Crippen LogP contribution in [0.25, 0.3) is 10.9 Å². The topological polar surface area (TPSA) is 59.2 Å². The summed E-state index contributed by atoms with van der Waals surface area (Å²) in [5.41, 5.74) is 2.61. The van der Waals surface area contributed by atoms with E-state index in [1.165, 1.54) is 6.07 Å². The van der Waals surface area contributed by atoms with Crippen molar-refractivity contribution >= 4 is 16.9 Å². The molecule has 110 valence electrons. The fourth-order valence-corrected chi connectivity index (χ4v) is 2.40. The summed E-state index contributed by atoms with van der Waals surface area (Å²) < 4.78 is 5.34. The number of para-hydroxylation sites is 1. The molecule has 0 bridgehead atoms. The van der Waals surface area contributed by atoms with Gasteiger partial charge in [0.15, 0.2) is 0 Å². The fourth-order valence-electron chi connectivity index (χ4n) is 2.40. The van der Waals surface area contributed by atoms with E-state index >= 15 is 0 Å². The molecule has 4 nitrogen and oxygen atoms in total. The predicted octanol–water partition coefficient (Wildman–Crippen LogP) is 3.19. The average Bonchev–Trinajstić information content (AvgIpc) is 2.52. The van der Waals surface area contributed by atoms with E-state index in [9.17, 15) is 9.59 Å². The minimum Gasteiger partial charge on any atom is -0.457 e. The smallest absolute Gasteiger partial charge is 0.339 e. The molecule has 0 atom stereocenters. The second-order valence-electron chi connectivity index (χ2n) is 5.16. The Hall–Kier alpha value is -2.88. The number of aryl methyl sites for hydroxylation is 1. The minimum atomic E-state index is -0.496. The van der Waals surface area contributed by atoms with E-state index in [0.717, 1.165) is 11.1 Å². The highest BCUT2D eigenvalue weighted by Crippen LogP contribution is 2.16. The van der Waals surface area contributed by atoms with Crippen molar-refractivity contribution in [3.05, 3.63) is 81.6 Å². The first-order valence-electron chi connectivity index (χ1n) is 6.98. The molecular formula is C18H15NO3. The van der Waals surface area contributed by atoms with Gasteiger partial charge in [0.05, 0.1) is 5.56 Å². The summed E-state index contributed by atoms with van der Waals surface area (Å²) in [5.74, 6) is -0.496. The Morgan fingerprint density at radius 1 is 1.09 bits per heavy atom. The number of ether oxygens (including phenoxy) is 1. The maximum atomic E-state index is 12.3. The summed E-state index contributed by atoms with van der Waals surface area (Å²) in [7, 11) is 0.